The zero-order valence-electron chi connectivity index (χ0n) is 11.8. The van der Waals surface area contributed by atoms with E-state index in [4.69, 9.17) is 4.42 Å². The second-order valence-corrected chi connectivity index (χ2v) is 5.13. The maximum Gasteiger partial charge on any atom is 0.134 e. The van der Waals surface area contributed by atoms with Crippen molar-refractivity contribution >= 4 is 11.0 Å². The van der Waals surface area contributed by atoms with Gasteiger partial charge < -0.3 is 9.73 Å². The fourth-order valence-corrected chi connectivity index (χ4v) is 2.35. The van der Waals surface area contributed by atoms with Crippen LogP contribution in [0.15, 0.2) is 47.1 Å². The predicted molar refractivity (Wildman–Crippen MR) is 79.5 cm³/mol. The van der Waals surface area contributed by atoms with Crippen molar-refractivity contribution in [1.82, 2.24) is 15.1 Å². The summed E-state index contributed by atoms with van der Waals surface area (Å²) in [5.74, 6) is 0.984. The molecule has 1 N–H and O–H groups in total. The van der Waals surface area contributed by atoms with Gasteiger partial charge in [-0.1, -0.05) is 18.2 Å². The molecule has 4 nitrogen and oxygen atoms in total. The number of hydrogen-bond acceptors (Lipinski definition) is 3. The molecule has 1 atom stereocenters. The summed E-state index contributed by atoms with van der Waals surface area (Å²) >= 11 is 0. The first-order valence-electron chi connectivity index (χ1n) is 6.92. The van der Waals surface area contributed by atoms with Crippen LogP contribution in [0, 0.1) is 0 Å². The zero-order valence-corrected chi connectivity index (χ0v) is 11.8. The molecule has 0 saturated carbocycles. The van der Waals surface area contributed by atoms with Crippen molar-refractivity contribution in [1.29, 1.82) is 0 Å². The maximum atomic E-state index is 5.86. The molecule has 0 amide bonds. The Balaban J connectivity index is 1.59. The van der Waals surface area contributed by atoms with Crippen LogP contribution in [0.25, 0.3) is 11.0 Å². The van der Waals surface area contributed by atoms with E-state index in [1.165, 1.54) is 5.56 Å². The van der Waals surface area contributed by atoms with Gasteiger partial charge in [-0.3, -0.25) is 4.68 Å². The minimum atomic E-state index is 0.207. The minimum absolute atomic E-state index is 0.207. The Morgan fingerprint density at radius 1 is 1.35 bits per heavy atom. The third kappa shape index (κ3) is 2.75. The zero-order chi connectivity index (χ0) is 13.9. The molecule has 2 aromatic heterocycles. The first kappa shape index (κ1) is 12.9. The molecule has 0 saturated heterocycles. The second-order valence-electron chi connectivity index (χ2n) is 5.13. The van der Waals surface area contributed by atoms with Gasteiger partial charge in [0.05, 0.1) is 12.2 Å². The summed E-state index contributed by atoms with van der Waals surface area (Å²) in [6.45, 7) is 3.03. The van der Waals surface area contributed by atoms with Crippen LogP contribution in [0.5, 0.6) is 0 Å². The van der Waals surface area contributed by atoms with Gasteiger partial charge in [-0.05, 0) is 37.6 Å². The molecule has 0 aliphatic rings. The van der Waals surface area contributed by atoms with Gasteiger partial charge in [-0.2, -0.15) is 5.10 Å². The second kappa shape index (κ2) is 5.51. The van der Waals surface area contributed by atoms with Crippen LogP contribution in [0.4, 0.5) is 0 Å². The predicted octanol–water partition coefficient (Wildman–Crippen LogP) is 3.06. The Labute approximate surface area is 118 Å². The molecule has 104 valence electrons. The van der Waals surface area contributed by atoms with E-state index in [2.05, 4.69) is 29.5 Å². The quantitative estimate of drug-likeness (QED) is 0.774. The molecule has 0 bridgehead atoms. The van der Waals surface area contributed by atoms with Crippen molar-refractivity contribution < 1.29 is 4.42 Å². The fraction of sp³-hybridized carbons (Fsp3) is 0.312. The first-order valence-corrected chi connectivity index (χ1v) is 6.92. The van der Waals surface area contributed by atoms with Gasteiger partial charge >= 0.3 is 0 Å². The largest absolute Gasteiger partial charge is 0.459 e. The molecule has 4 heteroatoms. The number of furan rings is 1. The molecular formula is C16H19N3O. The maximum absolute atomic E-state index is 5.86. The molecule has 3 rings (SSSR count). The number of benzene rings is 1. The van der Waals surface area contributed by atoms with E-state index < -0.39 is 0 Å². The summed E-state index contributed by atoms with van der Waals surface area (Å²) in [5.41, 5.74) is 2.19. The Kier molecular flexibility index (Phi) is 3.56. The van der Waals surface area contributed by atoms with Crippen molar-refractivity contribution in [3.8, 4) is 0 Å². The molecule has 1 aromatic carbocycles. The van der Waals surface area contributed by atoms with Gasteiger partial charge in [-0.15, -0.1) is 0 Å². The lowest BCUT2D eigenvalue weighted by Gasteiger charge is -2.10. The molecule has 0 radical (unpaired) electrons. The van der Waals surface area contributed by atoms with Crippen LogP contribution in [0.2, 0.25) is 0 Å². The van der Waals surface area contributed by atoms with E-state index in [1.807, 2.05) is 42.3 Å². The fourth-order valence-electron chi connectivity index (χ4n) is 2.35. The number of nitrogens with one attached hydrogen (secondary N) is 1. The van der Waals surface area contributed by atoms with Crippen molar-refractivity contribution in [3.63, 3.8) is 0 Å². The van der Waals surface area contributed by atoms with Crippen molar-refractivity contribution in [2.75, 3.05) is 6.54 Å². The molecule has 0 aliphatic heterocycles. The van der Waals surface area contributed by atoms with Crippen LogP contribution in [-0.4, -0.2) is 16.3 Å². The van der Waals surface area contributed by atoms with Crippen LogP contribution < -0.4 is 5.32 Å². The highest BCUT2D eigenvalue weighted by Crippen LogP contribution is 2.23. The molecule has 20 heavy (non-hydrogen) atoms. The van der Waals surface area contributed by atoms with Crippen LogP contribution in [0.3, 0.4) is 0 Å². The van der Waals surface area contributed by atoms with Crippen molar-refractivity contribution in [3.05, 3.63) is 54.0 Å². The molecule has 0 fully saturated rings. The summed E-state index contributed by atoms with van der Waals surface area (Å²) in [7, 11) is 1.94. The average molecular weight is 269 g/mol. The Morgan fingerprint density at radius 2 is 2.20 bits per heavy atom. The van der Waals surface area contributed by atoms with E-state index in [0.717, 1.165) is 29.7 Å². The van der Waals surface area contributed by atoms with E-state index in [-0.39, 0.29) is 6.04 Å². The first-order chi connectivity index (χ1) is 9.72. The van der Waals surface area contributed by atoms with Gasteiger partial charge in [0.2, 0.25) is 0 Å². The summed E-state index contributed by atoms with van der Waals surface area (Å²) in [6, 6.07) is 10.4. The lowest BCUT2D eigenvalue weighted by molar-refractivity contribution is 0.453. The number of aromatic nitrogens is 2. The van der Waals surface area contributed by atoms with E-state index in [9.17, 15) is 0 Å². The Morgan fingerprint density at radius 3 is 2.95 bits per heavy atom. The van der Waals surface area contributed by atoms with E-state index in [0.29, 0.717) is 0 Å². The summed E-state index contributed by atoms with van der Waals surface area (Å²) in [6.07, 6.45) is 4.93. The van der Waals surface area contributed by atoms with Gasteiger partial charge in [0, 0.05) is 18.6 Å². The van der Waals surface area contributed by atoms with Crippen molar-refractivity contribution in [2.45, 2.75) is 19.4 Å². The third-order valence-corrected chi connectivity index (χ3v) is 3.49. The summed E-state index contributed by atoms with van der Waals surface area (Å²) in [4.78, 5) is 0. The Hall–Kier alpha value is -2.07. The number of rotatable bonds is 5. The number of fused-ring (bicyclic) bond motifs is 1. The standard InChI is InChI=1S/C16H19N3O/c1-12(17-8-7-13-10-18-19(2)11-13)16-9-14-5-3-4-6-15(14)20-16/h3-6,9-12,17H,7-8H2,1-2H3. The number of aryl methyl sites for hydroxylation is 1. The normalized spacial score (nSPS) is 12.9. The number of hydrogen-bond donors (Lipinski definition) is 1. The SMILES string of the molecule is CC(NCCc1cnn(C)c1)c1cc2ccccc2o1. The van der Waals surface area contributed by atoms with Crippen LogP contribution in [-0.2, 0) is 13.5 Å². The van der Waals surface area contributed by atoms with Crippen molar-refractivity contribution in [2.24, 2.45) is 7.05 Å². The summed E-state index contributed by atoms with van der Waals surface area (Å²) < 4.78 is 7.69. The molecule has 2 heterocycles. The average Bonchev–Trinajstić information content (AvgIpc) is 3.04. The highest BCUT2D eigenvalue weighted by Gasteiger charge is 2.10. The topological polar surface area (TPSA) is 43.0 Å². The van der Waals surface area contributed by atoms with E-state index >= 15 is 0 Å². The highest BCUT2D eigenvalue weighted by atomic mass is 16.3. The van der Waals surface area contributed by atoms with Gasteiger partial charge in [0.25, 0.3) is 0 Å². The monoisotopic (exact) mass is 269 g/mol. The summed E-state index contributed by atoms with van der Waals surface area (Å²) in [5, 5.41) is 8.81. The molecule has 0 aliphatic carbocycles. The smallest absolute Gasteiger partial charge is 0.134 e. The van der Waals surface area contributed by atoms with Gasteiger partial charge in [0.1, 0.15) is 11.3 Å². The Bertz CT molecular complexity index is 665. The highest BCUT2D eigenvalue weighted by molar-refractivity contribution is 5.77. The third-order valence-electron chi connectivity index (χ3n) is 3.49. The minimum Gasteiger partial charge on any atom is -0.459 e. The molecular weight excluding hydrogens is 250 g/mol. The number of nitrogens with zero attached hydrogens (tertiary/aromatic N) is 2. The van der Waals surface area contributed by atoms with Gasteiger partial charge in [0.15, 0.2) is 0 Å². The van der Waals surface area contributed by atoms with E-state index in [1.54, 1.807) is 0 Å². The van der Waals surface area contributed by atoms with Crippen LogP contribution in [0.1, 0.15) is 24.3 Å². The molecule has 1 unspecified atom stereocenters. The van der Waals surface area contributed by atoms with Gasteiger partial charge in [-0.25, -0.2) is 0 Å². The van der Waals surface area contributed by atoms with Crippen LogP contribution >= 0.6 is 0 Å². The lowest BCUT2D eigenvalue weighted by Crippen LogP contribution is -2.20. The molecule has 0 spiro atoms. The molecule has 3 aromatic rings. The lowest BCUT2D eigenvalue weighted by atomic mass is 10.2. The number of para-hydroxylation sites is 1.